The second-order valence-electron chi connectivity index (χ2n) is 6.43. The molecule has 0 saturated carbocycles. The number of aryl methyl sites for hydroxylation is 1. The molecule has 2 atom stereocenters. The summed E-state index contributed by atoms with van der Waals surface area (Å²) in [6, 6.07) is 8.62. The van der Waals surface area contributed by atoms with E-state index in [4.69, 9.17) is 0 Å². The molecule has 23 heavy (non-hydrogen) atoms. The number of amides is 2. The van der Waals surface area contributed by atoms with Crippen LogP contribution in [0.1, 0.15) is 36.9 Å². The molecule has 2 amide bonds. The van der Waals surface area contributed by atoms with E-state index in [0.29, 0.717) is 6.54 Å². The van der Waals surface area contributed by atoms with E-state index in [9.17, 15) is 9.90 Å². The van der Waals surface area contributed by atoms with Crippen LogP contribution in [0, 0.1) is 0 Å². The third-order valence-corrected chi connectivity index (χ3v) is 4.69. The second-order valence-corrected chi connectivity index (χ2v) is 6.43. The first-order chi connectivity index (χ1) is 11.1. The molecule has 5 heteroatoms. The first-order valence-corrected chi connectivity index (χ1v) is 8.47. The molecule has 2 unspecified atom stereocenters. The number of carbonyl (C=O) groups is 1. The number of likely N-dealkylation sites (tertiary alicyclic amines) is 1. The molecule has 0 aliphatic carbocycles. The second kappa shape index (κ2) is 8.31. The van der Waals surface area contributed by atoms with E-state index in [2.05, 4.69) is 41.4 Å². The van der Waals surface area contributed by atoms with Crippen molar-refractivity contribution in [2.45, 2.75) is 38.3 Å². The number of nitrogens with zero attached hydrogens (tertiary/aromatic N) is 2. The molecule has 2 rings (SSSR count). The highest BCUT2D eigenvalue weighted by molar-refractivity contribution is 5.75. The molecule has 1 saturated heterocycles. The predicted molar refractivity (Wildman–Crippen MR) is 92.5 cm³/mol. The predicted octanol–water partition coefficient (Wildman–Crippen LogP) is 2.02. The number of likely N-dealkylation sites (N-methyl/N-ethyl adjacent to an activating group) is 1. The molecule has 1 aliphatic heterocycles. The van der Waals surface area contributed by atoms with Gasteiger partial charge in [0.15, 0.2) is 0 Å². The molecular formula is C18H29N3O2. The van der Waals surface area contributed by atoms with Crippen molar-refractivity contribution in [3.8, 4) is 0 Å². The lowest BCUT2D eigenvalue weighted by molar-refractivity contribution is 0.154. The summed E-state index contributed by atoms with van der Waals surface area (Å²) >= 11 is 0. The summed E-state index contributed by atoms with van der Waals surface area (Å²) in [6.45, 7) is 3.48. The van der Waals surface area contributed by atoms with Crippen molar-refractivity contribution in [3.05, 3.63) is 35.4 Å². The average molecular weight is 319 g/mol. The van der Waals surface area contributed by atoms with Gasteiger partial charge < -0.3 is 20.2 Å². The zero-order chi connectivity index (χ0) is 16.8. The highest BCUT2D eigenvalue weighted by Crippen LogP contribution is 2.20. The van der Waals surface area contributed by atoms with Crippen LogP contribution < -0.4 is 5.32 Å². The number of rotatable bonds is 6. The fraction of sp³-hybridized carbons (Fsp3) is 0.611. The zero-order valence-corrected chi connectivity index (χ0v) is 14.5. The van der Waals surface area contributed by atoms with E-state index in [-0.39, 0.29) is 24.7 Å². The van der Waals surface area contributed by atoms with Crippen molar-refractivity contribution in [2.24, 2.45) is 0 Å². The maximum Gasteiger partial charge on any atom is 0.317 e. The molecule has 2 N–H and O–H groups in total. The molecule has 5 nitrogen and oxygen atoms in total. The van der Waals surface area contributed by atoms with E-state index in [0.717, 1.165) is 25.8 Å². The molecule has 0 radical (unpaired) electrons. The average Bonchev–Trinajstić information content (AvgIpc) is 3.04. The summed E-state index contributed by atoms with van der Waals surface area (Å²) < 4.78 is 0. The van der Waals surface area contributed by atoms with Gasteiger partial charge in [-0.05, 0) is 44.5 Å². The van der Waals surface area contributed by atoms with Crippen LogP contribution in [-0.4, -0.2) is 60.8 Å². The fourth-order valence-electron chi connectivity index (χ4n) is 3.15. The summed E-state index contributed by atoms with van der Waals surface area (Å²) in [7, 11) is 4.05. The number of hydrogen-bond donors (Lipinski definition) is 2. The van der Waals surface area contributed by atoms with Crippen LogP contribution in [0.5, 0.6) is 0 Å². The molecule has 1 aromatic rings. The molecular weight excluding hydrogens is 290 g/mol. The smallest absolute Gasteiger partial charge is 0.317 e. The van der Waals surface area contributed by atoms with Crippen molar-refractivity contribution >= 4 is 6.03 Å². The Kier molecular flexibility index (Phi) is 6.42. The molecule has 0 aromatic heterocycles. The van der Waals surface area contributed by atoms with Crippen LogP contribution in [0.25, 0.3) is 0 Å². The van der Waals surface area contributed by atoms with Gasteiger partial charge in [-0.15, -0.1) is 0 Å². The van der Waals surface area contributed by atoms with Gasteiger partial charge in [0, 0.05) is 13.1 Å². The van der Waals surface area contributed by atoms with Gasteiger partial charge in [0.05, 0.1) is 18.7 Å². The Morgan fingerprint density at radius 2 is 2.09 bits per heavy atom. The van der Waals surface area contributed by atoms with Crippen LogP contribution in [0.3, 0.4) is 0 Å². The Balaban J connectivity index is 1.98. The Bertz CT molecular complexity index is 501. The van der Waals surface area contributed by atoms with Crippen LogP contribution >= 0.6 is 0 Å². The van der Waals surface area contributed by atoms with E-state index < -0.39 is 0 Å². The van der Waals surface area contributed by atoms with Gasteiger partial charge >= 0.3 is 6.03 Å². The lowest BCUT2D eigenvalue weighted by Gasteiger charge is -2.28. The van der Waals surface area contributed by atoms with Crippen LogP contribution in [0.15, 0.2) is 24.3 Å². The van der Waals surface area contributed by atoms with Crippen molar-refractivity contribution < 1.29 is 9.90 Å². The number of benzene rings is 1. The van der Waals surface area contributed by atoms with Gasteiger partial charge in [-0.1, -0.05) is 31.2 Å². The highest BCUT2D eigenvalue weighted by atomic mass is 16.3. The Morgan fingerprint density at radius 1 is 1.39 bits per heavy atom. The first kappa shape index (κ1) is 17.8. The number of carbonyl (C=O) groups excluding carboxylic acids is 1. The number of urea groups is 1. The van der Waals surface area contributed by atoms with Crippen molar-refractivity contribution in [1.29, 1.82) is 0 Å². The standard InChI is InChI=1S/C18H29N3O2/c1-4-14-7-9-15(10-8-14)17(20(2)3)12-19-18(23)21-11-5-6-16(21)13-22/h7-10,16-17,22H,4-6,11-13H2,1-3H3,(H,19,23). The minimum atomic E-state index is -0.0708. The largest absolute Gasteiger partial charge is 0.394 e. The SMILES string of the molecule is CCc1ccc(C(CNC(=O)N2CCCC2CO)N(C)C)cc1. The van der Waals surface area contributed by atoms with Crippen LogP contribution in [0.4, 0.5) is 4.79 Å². The Morgan fingerprint density at radius 3 is 2.65 bits per heavy atom. The number of aliphatic hydroxyl groups is 1. The maximum atomic E-state index is 12.4. The normalized spacial score (nSPS) is 19.2. The van der Waals surface area contributed by atoms with E-state index in [1.807, 2.05) is 14.1 Å². The van der Waals surface area contributed by atoms with E-state index >= 15 is 0 Å². The van der Waals surface area contributed by atoms with Crippen molar-refractivity contribution in [1.82, 2.24) is 15.1 Å². The lowest BCUT2D eigenvalue weighted by atomic mass is 10.0. The van der Waals surface area contributed by atoms with Gasteiger partial charge in [-0.3, -0.25) is 0 Å². The van der Waals surface area contributed by atoms with Crippen molar-refractivity contribution in [2.75, 3.05) is 33.8 Å². The van der Waals surface area contributed by atoms with Gasteiger partial charge in [0.1, 0.15) is 0 Å². The Labute approximate surface area is 139 Å². The number of aliphatic hydroxyl groups excluding tert-OH is 1. The minimum Gasteiger partial charge on any atom is -0.394 e. The topological polar surface area (TPSA) is 55.8 Å². The highest BCUT2D eigenvalue weighted by Gasteiger charge is 2.28. The minimum absolute atomic E-state index is 0.0309. The maximum absolute atomic E-state index is 12.4. The van der Waals surface area contributed by atoms with E-state index in [1.54, 1.807) is 4.90 Å². The van der Waals surface area contributed by atoms with Gasteiger partial charge in [-0.2, -0.15) is 0 Å². The molecule has 1 fully saturated rings. The lowest BCUT2D eigenvalue weighted by Crippen LogP contribution is -2.46. The summed E-state index contributed by atoms with van der Waals surface area (Å²) in [5.41, 5.74) is 2.52. The number of nitrogens with one attached hydrogen (secondary N) is 1. The third-order valence-electron chi connectivity index (χ3n) is 4.69. The van der Waals surface area contributed by atoms with Crippen molar-refractivity contribution in [3.63, 3.8) is 0 Å². The zero-order valence-electron chi connectivity index (χ0n) is 14.5. The molecule has 0 spiro atoms. The molecule has 128 valence electrons. The Hall–Kier alpha value is -1.59. The van der Waals surface area contributed by atoms with Crippen LogP contribution in [0.2, 0.25) is 0 Å². The molecule has 1 aromatic carbocycles. The molecule has 1 aliphatic rings. The van der Waals surface area contributed by atoms with Gasteiger partial charge in [-0.25, -0.2) is 4.79 Å². The third kappa shape index (κ3) is 4.45. The quantitative estimate of drug-likeness (QED) is 0.843. The monoisotopic (exact) mass is 319 g/mol. The summed E-state index contributed by atoms with van der Waals surface area (Å²) in [5, 5.41) is 12.4. The van der Waals surface area contributed by atoms with Gasteiger partial charge in [0.25, 0.3) is 0 Å². The molecule has 1 heterocycles. The fourth-order valence-corrected chi connectivity index (χ4v) is 3.15. The number of hydrogen-bond acceptors (Lipinski definition) is 3. The van der Waals surface area contributed by atoms with E-state index in [1.165, 1.54) is 11.1 Å². The van der Waals surface area contributed by atoms with Crippen LogP contribution in [-0.2, 0) is 6.42 Å². The summed E-state index contributed by atoms with van der Waals surface area (Å²) in [6.07, 6.45) is 2.88. The van der Waals surface area contributed by atoms with Gasteiger partial charge in [0.2, 0.25) is 0 Å². The summed E-state index contributed by atoms with van der Waals surface area (Å²) in [5.74, 6) is 0. The first-order valence-electron chi connectivity index (χ1n) is 8.47. The summed E-state index contributed by atoms with van der Waals surface area (Å²) in [4.78, 5) is 16.2. The molecule has 0 bridgehead atoms.